The minimum atomic E-state index is -4.86. The molecule has 4 rings (SSSR count). The Labute approximate surface area is 189 Å². The van der Waals surface area contributed by atoms with E-state index in [0.717, 1.165) is 21.7 Å². The number of carbonyl (C=O) groups excluding carboxylic acids is 1. The summed E-state index contributed by atoms with van der Waals surface area (Å²) in [5, 5.41) is 6.91. The lowest BCUT2D eigenvalue weighted by atomic mass is 9.97. The topological polar surface area (TPSA) is 59.4 Å². The fourth-order valence-electron chi connectivity index (χ4n) is 3.74. The number of anilines is 2. The standard InChI is InChI=1S/C22H18F6N4O2/c1-31(14-7-9-15(10-8-14)34-22(26,27)28)20(33)17-12-19-29-16(13-5-3-2-4-6-13)11-18(21(23,24)25)32(19)30-17/h2-10,12,16,18,29H,11H2,1H3/t16-,18+/m0/s1. The minimum Gasteiger partial charge on any atom is -0.406 e. The van der Waals surface area contributed by atoms with E-state index in [1.165, 1.54) is 25.2 Å². The summed E-state index contributed by atoms with van der Waals surface area (Å²) in [7, 11) is 1.34. The van der Waals surface area contributed by atoms with Gasteiger partial charge in [-0.25, -0.2) is 4.68 Å². The van der Waals surface area contributed by atoms with Gasteiger partial charge < -0.3 is 15.0 Å². The third-order valence-electron chi connectivity index (χ3n) is 5.37. The maximum atomic E-state index is 13.8. The lowest BCUT2D eigenvalue weighted by Crippen LogP contribution is -2.35. The Morgan fingerprint density at radius 3 is 2.29 bits per heavy atom. The molecule has 1 aliphatic rings. The van der Waals surface area contributed by atoms with Crippen molar-refractivity contribution in [1.82, 2.24) is 9.78 Å². The van der Waals surface area contributed by atoms with Gasteiger partial charge in [-0.15, -0.1) is 13.2 Å². The zero-order valence-electron chi connectivity index (χ0n) is 17.6. The van der Waals surface area contributed by atoms with Crippen molar-refractivity contribution in [2.45, 2.75) is 31.0 Å². The Kier molecular flexibility index (Phi) is 5.92. The molecule has 0 fully saturated rings. The van der Waals surface area contributed by atoms with Gasteiger partial charge in [0.05, 0.1) is 6.04 Å². The van der Waals surface area contributed by atoms with Gasteiger partial charge in [-0.1, -0.05) is 30.3 Å². The first-order valence-electron chi connectivity index (χ1n) is 10.0. The van der Waals surface area contributed by atoms with Crippen LogP contribution in [0.2, 0.25) is 0 Å². The molecule has 0 radical (unpaired) electrons. The highest BCUT2D eigenvalue weighted by Crippen LogP contribution is 2.43. The molecule has 1 N–H and O–H groups in total. The number of hydrogen-bond acceptors (Lipinski definition) is 4. The van der Waals surface area contributed by atoms with E-state index >= 15 is 0 Å². The van der Waals surface area contributed by atoms with Crippen molar-refractivity contribution in [2.75, 3.05) is 17.3 Å². The molecule has 3 aromatic rings. The predicted molar refractivity (Wildman–Crippen MR) is 111 cm³/mol. The molecule has 1 aromatic heterocycles. The Balaban J connectivity index is 1.59. The van der Waals surface area contributed by atoms with Gasteiger partial charge in [0, 0.05) is 25.2 Å². The van der Waals surface area contributed by atoms with Crippen LogP contribution in [0.1, 0.15) is 34.6 Å². The summed E-state index contributed by atoms with van der Waals surface area (Å²) in [5.74, 6) is -1.17. The first kappa shape index (κ1) is 23.5. The van der Waals surface area contributed by atoms with Gasteiger partial charge in [0.15, 0.2) is 11.7 Å². The van der Waals surface area contributed by atoms with Crippen LogP contribution in [0.3, 0.4) is 0 Å². The molecule has 2 atom stereocenters. The third kappa shape index (κ3) is 4.95. The van der Waals surface area contributed by atoms with E-state index in [9.17, 15) is 31.1 Å². The van der Waals surface area contributed by atoms with Crippen LogP contribution in [0.25, 0.3) is 0 Å². The fourth-order valence-corrected chi connectivity index (χ4v) is 3.74. The summed E-state index contributed by atoms with van der Waals surface area (Å²) in [6.45, 7) is 0. The Morgan fingerprint density at radius 1 is 1.06 bits per heavy atom. The number of amides is 1. The molecule has 12 heteroatoms. The van der Waals surface area contributed by atoms with Gasteiger partial charge in [0.2, 0.25) is 0 Å². The molecule has 0 aliphatic carbocycles. The largest absolute Gasteiger partial charge is 0.573 e. The molecule has 34 heavy (non-hydrogen) atoms. The summed E-state index contributed by atoms with van der Waals surface area (Å²) in [5.41, 5.74) is 0.618. The molecular formula is C22H18F6N4O2. The van der Waals surface area contributed by atoms with Crippen LogP contribution in [0.5, 0.6) is 5.75 Å². The zero-order valence-corrected chi connectivity index (χ0v) is 17.6. The number of ether oxygens (including phenoxy) is 1. The van der Waals surface area contributed by atoms with Gasteiger partial charge in [-0.2, -0.15) is 18.3 Å². The fraction of sp³-hybridized carbons (Fsp3) is 0.273. The maximum absolute atomic E-state index is 13.8. The van der Waals surface area contributed by atoms with Crippen molar-refractivity contribution in [3.8, 4) is 5.75 Å². The van der Waals surface area contributed by atoms with Crippen LogP contribution in [0, 0.1) is 0 Å². The molecular weight excluding hydrogens is 466 g/mol. The number of fused-ring (bicyclic) bond motifs is 1. The van der Waals surface area contributed by atoms with Crippen LogP contribution >= 0.6 is 0 Å². The molecule has 0 saturated carbocycles. The Hall–Kier alpha value is -3.70. The second kappa shape index (κ2) is 8.58. The number of carbonyl (C=O) groups is 1. The van der Waals surface area contributed by atoms with E-state index in [0.29, 0.717) is 5.56 Å². The lowest BCUT2D eigenvalue weighted by Gasteiger charge is -2.33. The highest BCUT2D eigenvalue weighted by atomic mass is 19.4. The molecule has 2 aromatic carbocycles. The molecule has 2 heterocycles. The van der Waals surface area contributed by atoms with E-state index in [1.54, 1.807) is 30.3 Å². The van der Waals surface area contributed by atoms with Crippen LogP contribution in [-0.4, -0.2) is 35.3 Å². The third-order valence-corrected chi connectivity index (χ3v) is 5.37. The van der Waals surface area contributed by atoms with Crippen molar-refractivity contribution >= 4 is 17.4 Å². The predicted octanol–water partition coefficient (Wildman–Crippen LogP) is 5.72. The molecule has 0 unspecified atom stereocenters. The monoisotopic (exact) mass is 484 g/mol. The van der Waals surface area contributed by atoms with Gasteiger partial charge in [-0.05, 0) is 29.8 Å². The minimum absolute atomic E-state index is 0.0353. The number of aromatic nitrogens is 2. The number of nitrogens with zero attached hydrogens (tertiary/aromatic N) is 3. The highest BCUT2D eigenvalue weighted by molar-refractivity contribution is 6.04. The normalized spacial score (nSPS) is 18.1. The van der Waals surface area contributed by atoms with E-state index in [2.05, 4.69) is 15.2 Å². The zero-order chi connectivity index (χ0) is 24.7. The number of nitrogens with one attached hydrogen (secondary N) is 1. The SMILES string of the molecule is CN(C(=O)c1cc2n(n1)[C@@H](C(F)(F)F)C[C@@H](c1ccccc1)N2)c1ccc(OC(F)(F)F)cc1. The molecule has 1 amide bonds. The van der Waals surface area contributed by atoms with Gasteiger partial charge in [-0.3, -0.25) is 4.79 Å². The number of halogens is 6. The number of alkyl halides is 6. The average Bonchev–Trinajstić information content (AvgIpc) is 3.21. The first-order chi connectivity index (χ1) is 15.9. The van der Waals surface area contributed by atoms with Gasteiger partial charge in [0.1, 0.15) is 11.6 Å². The first-order valence-corrected chi connectivity index (χ1v) is 10.0. The molecule has 180 valence electrons. The number of rotatable bonds is 4. The van der Waals surface area contributed by atoms with Crippen molar-refractivity contribution in [1.29, 1.82) is 0 Å². The maximum Gasteiger partial charge on any atom is 0.573 e. The van der Waals surface area contributed by atoms with Crippen molar-refractivity contribution in [3.63, 3.8) is 0 Å². The Morgan fingerprint density at radius 2 is 1.71 bits per heavy atom. The highest BCUT2D eigenvalue weighted by Gasteiger charge is 2.47. The van der Waals surface area contributed by atoms with Crippen molar-refractivity contribution in [3.05, 3.63) is 71.9 Å². The van der Waals surface area contributed by atoms with E-state index in [-0.39, 0.29) is 23.6 Å². The smallest absolute Gasteiger partial charge is 0.406 e. The molecule has 1 aliphatic heterocycles. The van der Waals surface area contributed by atoms with E-state index in [4.69, 9.17) is 0 Å². The van der Waals surface area contributed by atoms with Crippen molar-refractivity contribution in [2.24, 2.45) is 0 Å². The van der Waals surface area contributed by atoms with Crippen LogP contribution in [0.15, 0.2) is 60.7 Å². The lowest BCUT2D eigenvalue weighted by molar-refractivity contribution is -0.274. The summed E-state index contributed by atoms with van der Waals surface area (Å²) in [6.07, 6.45) is -9.78. The molecule has 0 bridgehead atoms. The van der Waals surface area contributed by atoms with E-state index in [1.807, 2.05) is 0 Å². The summed E-state index contributed by atoms with van der Waals surface area (Å²) in [6, 6.07) is 11.8. The Bertz CT molecular complexity index is 1160. The number of hydrogen-bond donors (Lipinski definition) is 1. The van der Waals surface area contributed by atoms with Crippen LogP contribution in [0.4, 0.5) is 37.8 Å². The molecule has 0 spiro atoms. The van der Waals surface area contributed by atoms with Crippen LogP contribution in [-0.2, 0) is 0 Å². The van der Waals surface area contributed by atoms with Gasteiger partial charge >= 0.3 is 12.5 Å². The second-order valence-electron chi connectivity index (χ2n) is 7.67. The quantitative estimate of drug-likeness (QED) is 0.482. The van der Waals surface area contributed by atoms with Gasteiger partial charge in [0.25, 0.3) is 5.91 Å². The van der Waals surface area contributed by atoms with Crippen molar-refractivity contribution < 1.29 is 35.9 Å². The second-order valence-corrected chi connectivity index (χ2v) is 7.67. The van der Waals surface area contributed by atoms with E-state index < -0.39 is 36.3 Å². The van der Waals surface area contributed by atoms with Crippen LogP contribution < -0.4 is 15.0 Å². The number of benzene rings is 2. The molecule has 0 saturated heterocycles. The summed E-state index contributed by atoms with van der Waals surface area (Å²) in [4.78, 5) is 14.0. The average molecular weight is 484 g/mol. The summed E-state index contributed by atoms with van der Waals surface area (Å²) < 4.78 is 83.0. The summed E-state index contributed by atoms with van der Waals surface area (Å²) >= 11 is 0. The molecule has 6 nitrogen and oxygen atoms in total.